The van der Waals surface area contributed by atoms with Gasteiger partial charge in [-0.1, -0.05) is 29.8 Å². The number of nitrogens with one attached hydrogen (secondary N) is 1. The molecule has 0 bridgehead atoms. The van der Waals surface area contributed by atoms with Crippen molar-refractivity contribution in [3.05, 3.63) is 59.7 Å². The fraction of sp³-hybridized carbons (Fsp3) is 0.333. The number of anilines is 1. The molecule has 128 valence electrons. The van der Waals surface area contributed by atoms with Crippen LogP contribution in [-0.2, 0) is 13.6 Å². The minimum absolute atomic E-state index is 0.121. The molecule has 0 aromatic heterocycles. The Hall–Kier alpha value is -1.81. The molecular weight excluding hydrogens is 325 g/mol. The van der Waals surface area contributed by atoms with Crippen LogP contribution in [0.5, 0.6) is 5.75 Å². The fourth-order valence-electron chi connectivity index (χ4n) is 2.62. The van der Waals surface area contributed by atoms with Crippen molar-refractivity contribution in [2.24, 2.45) is 0 Å². The first-order valence-electron chi connectivity index (χ1n) is 8.01. The van der Waals surface area contributed by atoms with Crippen molar-refractivity contribution in [1.29, 1.82) is 0 Å². The van der Waals surface area contributed by atoms with Gasteiger partial charge in [-0.3, -0.25) is 4.57 Å². The molecular formula is C18H22NO4P. The van der Waals surface area contributed by atoms with Gasteiger partial charge >= 0.3 is 7.60 Å². The molecule has 5 nitrogen and oxygen atoms in total. The minimum Gasteiger partial charge on any atom is -0.508 e. The second kappa shape index (κ2) is 6.98. The first-order chi connectivity index (χ1) is 11.5. The Morgan fingerprint density at radius 3 is 2.46 bits per heavy atom. The van der Waals surface area contributed by atoms with Crippen molar-refractivity contribution in [1.82, 2.24) is 0 Å². The highest BCUT2D eigenvalue weighted by atomic mass is 31.2. The summed E-state index contributed by atoms with van der Waals surface area (Å²) in [7, 11) is -3.39. The molecule has 0 radical (unpaired) electrons. The SMILES string of the molecule is Cc1ccc(NC(c2ccc(O)cc2)P2(=O)OCCC(C)O2)cc1. The number of hydrogen-bond donors (Lipinski definition) is 2. The molecule has 0 saturated carbocycles. The highest BCUT2D eigenvalue weighted by Crippen LogP contribution is 2.63. The van der Waals surface area contributed by atoms with E-state index in [4.69, 9.17) is 9.05 Å². The van der Waals surface area contributed by atoms with Crippen LogP contribution >= 0.6 is 7.60 Å². The zero-order valence-electron chi connectivity index (χ0n) is 13.8. The lowest BCUT2D eigenvalue weighted by molar-refractivity contribution is 0.0887. The number of hydrogen-bond acceptors (Lipinski definition) is 5. The van der Waals surface area contributed by atoms with E-state index in [1.54, 1.807) is 24.3 Å². The Balaban J connectivity index is 1.95. The molecule has 24 heavy (non-hydrogen) atoms. The minimum atomic E-state index is -3.39. The summed E-state index contributed by atoms with van der Waals surface area (Å²) in [6, 6.07) is 14.4. The molecule has 0 spiro atoms. The average Bonchev–Trinajstić information content (AvgIpc) is 2.55. The van der Waals surface area contributed by atoms with Gasteiger partial charge in [-0.05, 0) is 50.1 Å². The van der Waals surface area contributed by atoms with Gasteiger partial charge in [0.05, 0.1) is 12.7 Å². The lowest BCUT2D eigenvalue weighted by Crippen LogP contribution is -2.23. The van der Waals surface area contributed by atoms with Crippen LogP contribution < -0.4 is 5.32 Å². The topological polar surface area (TPSA) is 67.8 Å². The van der Waals surface area contributed by atoms with Crippen LogP contribution in [0.15, 0.2) is 48.5 Å². The van der Waals surface area contributed by atoms with Gasteiger partial charge in [-0.15, -0.1) is 0 Å². The highest BCUT2D eigenvalue weighted by Gasteiger charge is 2.41. The van der Waals surface area contributed by atoms with Crippen molar-refractivity contribution in [2.75, 3.05) is 11.9 Å². The Morgan fingerprint density at radius 2 is 1.83 bits per heavy atom. The number of aromatic hydroxyl groups is 1. The van der Waals surface area contributed by atoms with E-state index in [9.17, 15) is 9.67 Å². The predicted octanol–water partition coefficient (Wildman–Crippen LogP) is 4.83. The lowest BCUT2D eigenvalue weighted by Gasteiger charge is -2.34. The molecule has 3 unspecified atom stereocenters. The van der Waals surface area contributed by atoms with Gasteiger partial charge < -0.3 is 19.5 Å². The average molecular weight is 347 g/mol. The van der Waals surface area contributed by atoms with E-state index in [0.29, 0.717) is 6.61 Å². The van der Waals surface area contributed by atoms with Crippen LogP contribution in [-0.4, -0.2) is 17.8 Å². The van der Waals surface area contributed by atoms with Crippen molar-refractivity contribution >= 4 is 13.3 Å². The van der Waals surface area contributed by atoms with Crippen molar-refractivity contribution < 1.29 is 18.7 Å². The van der Waals surface area contributed by atoms with E-state index < -0.39 is 13.4 Å². The van der Waals surface area contributed by atoms with Crippen molar-refractivity contribution in [3.63, 3.8) is 0 Å². The van der Waals surface area contributed by atoms with E-state index in [-0.39, 0.29) is 11.9 Å². The standard InChI is InChI=1S/C18H22NO4P/c1-13-3-7-16(8-4-13)19-18(15-5-9-17(20)10-6-15)24(21)22-12-11-14(2)23-24/h3-10,14,18-20H,11-12H2,1-2H3. The Morgan fingerprint density at radius 1 is 1.17 bits per heavy atom. The van der Waals surface area contributed by atoms with E-state index in [1.807, 2.05) is 38.1 Å². The molecule has 3 rings (SSSR count). The molecule has 2 N–H and O–H groups in total. The predicted molar refractivity (Wildman–Crippen MR) is 94.4 cm³/mol. The van der Waals surface area contributed by atoms with Gasteiger partial charge in [0, 0.05) is 5.69 Å². The van der Waals surface area contributed by atoms with Gasteiger partial charge in [0.15, 0.2) is 5.78 Å². The third-order valence-electron chi connectivity index (χ3n) is 4.00. The molecule has 1 heterocycles. The largest absolute Gasteiger partial charge is 0.508 e. The zero-order valence-corrected chi connectivity index (χ0v) is 14.7. The van der Waals surface area contributed by atoms with Crippen LogP contribution in [0.25, 0.3) is 0 Å². The Kier molecular flexibility index (Phi) is 4.95. The highest BCUT2D eigenvalue weighted by molar-refractivity contribution is 7.54. The molecule has 2 aromatic rings. The molecule has 3 atom stereocenters. The summed E-state index contributed by atoms with van der Waals surface area (Å²) in [5.74, 6) is -0.478. The van der Waals surface area contributed by atoms with Gasteiger partial charge in [0.25, 0.3) is 0 Å². The quantitative estimate of drug-likeness (QED) is 0.776. The molecule has 1 fully saturated rings. The zero-order chi connectivity index (χ0) is 17.2. The number of benzene rings is 2. The van der Waals surface area contributed by atoms with Crippen LogP contribution in [0.1, 0.15) is 30.3 Å². The summed E-state index contributed by atoms with van der Waals surface area (Å²) in [6.07, 6.45) is 0.598. The summed E-state index contributed by atoms with van der Waals surface area (Å²) < 4.78 is 24.6. The summed E-state index contributed by atoms with van der Waals surface area (Å²) in [6.45, 7) is 4.32. The van der Waals surface area contributed by atoms with Gasteiger partial charge in [-0.2, -0.15) is 0 Å². The van der Waals surface area contributed by atoms with Crippen molar-refractivity contribution in [2.45, 2.75) is 32.2 Å². The van der Waals surface area contributed by atoms with E-state index in [0.717, 1.165) is 23.2 Å². The molecule has 0 amide bonds. The summed E-state index contributed by atoms with van der Waals surface area (Å²) in [4.78, 5) is 0. The molecule has 6 heteroatoms. The number of phenols is 1. The van der Waals surface area contributed by atoms with Crippen LogP contribution in [0, 0.1) is 6.92 Å². The fourth-order valence-corrected chi connectivity index (χ4v) is 4.77. The second-order valence-electron chi connectivity index (χ2n) is 6.08. The maximum Gasteiger partial charge on any atom is 0.357 e. The first-order valence-corrected chi connectivity index (χ1v) is 9.62. The van der Waals surface area contributed by atoms with E-state index in [1.165, 1.54) is 0 Å². The van der Waals surface area contributed by atoms with Gasteiger partial charge in [0.2, 0.25) is 0 Å². The van der Waals surface area contributed by atoms with Gasteiger partial charge in [0.1, 0.15) is 5.75 Å². The molecule has 1 saturated heterocycles. The molecule has 2 aromatic carbocycles. The van der Waals surface area contributed by atoms with Crippen LogP contribution in [0.3, 0.4) is 0 Å². The molecule has 1 aliphatic heterocycles. The van der Waals surface area contributed by atoms with Crippen LogP contribution in [0.4, 0.5) is 5.69 Å². The number of rotatable bonds is 4. The van der Waals surface area contributed by atoms with E-state index in [2.05, 4.69) is 5.32 Å². The molecule has 1 aliphatic rings. The normalized spacial score (nSPS) is 25.2. The summed E-state index contributed by atoms with van der Waals surface area (Å²) in [5.41, 5.74) is 2.72. The van der Waals surface area contributed by atoms with E-state index >= 15 is 0 Å². The first kappa shape index (κ1) is 17.0. The maximum atomic E-state index is 13.3. The summed E-state index contributed by atoms with van der Waals surface area (Å²) in [5, 5.41) is 12.8. The second-order valence-corrected chi connectivity index (χ2v) is 8.15. The lowest BCUT2D eigenvalue weighted by atomic mass is 10.2. The summed E-state index contributed by atoms with van der Waals surface area (Å²) >= 11 is 0. The molecule has 0 aliphatic carbocycles. The van der Waals surface area contributed by atoms with Gasteiger partial charge in [-0.25, -0.2) is 0 Å². The third-order valence-corrected chi connectivity index (χ3v) is 6.26. The Labute approximate surface area is 142 Å². The smallest absolute Gasteiger partial charge is 0.357 e. The number of aryl methyl sites for hydroxylation is 1. The monoisotopic (exact) mass is 347 g/mol. The number of phenolic OH excluding ortho intramolecular Hbond substituents is 1. The third kappa shape index (κ3) is 3.81. The maximum absolute atomic E-state index is 13.3. The Bertz CT molecular complexity index is 730. The van der Waals surface area contributed by atoms with Crippen LogP contribution in [0.2, 0.25) is 0 Å². The van der Waals surface area contributed by atoms with Crippen molar-refractivity contribution in [3.8, 4) is 5.75 Å².